The van der Waals surface area contributed by atoms with Crippen LogP contribution in [0.15, 0.2) is 85.2 Å². The maximum Gasteiger partial charge on any atom is 0.182 e. The van der Waals surface area contributed by atoms with E-state index in [1.165, 1.54) is 0 Å². The van der Waals surface area contributed by atoms with E-state index >= 15 is 0 Å². The normalized spacial score (nSPS) is 10.5. The minimum atomic E-state index is 0.593. The summed E-state index contributed by atoms with van der Waals surface area (Å²) in [5.41, 5.74) is 4.51. The third kappa shape index (κ3) is 2.77. The second-order valence-electron chi connectivity index (χ2n) is 5.30. The molecule has 0 spiro atoms. The Hall–Kier alpha value is -3.40. The number of pyridine rings is 1. The van der Waals surface area contributed by atoms with Crippen molar-refractivity contribution < 1.29 is 0 Å². The van der Waals surface area contributed by atoms with E-state index in [-0.39, 0.29) is 0 Å². The molecule has 0 atom stereocenters. The van der Waals surface area contributed by atoms with Crippen LogP contribution in [0.3, 0.4) is 0 Å². The van der Waals surface area contributed by atoms with Gasteiger partial charge in [-0.2, -0.15) is 0 Å². The third-order valence-electron chi connectivity index (χ3n) is 3.72. The van der Waals surface area contributed by atoms with Crippen molar-refractivity contribution in [1.29, 1.82) is 0 Å². The molecular weight excluding hydrogens is 296 g/mol. The Morgan fingerprint density at radius 2 is 1.08 bits per heavy atom. The molecule has 0 aliphatic rings. The maximum absolute atomic E-state index is 4.79. The van der Waals surface area contributed by atoms with Crippen LogP contribution in [0.25, 0.3) is 33.9 Å². The summed E-state index contributed by atoms with van der Waals surface area (Å²) in [6, 6.07) is 23.8. The van der Waals surface area contributed by atoms with Gasteiger partial charge >= 0.3 is 0 Å². The molecule has 0 saturated heterocycles. The molecule has 0 aliphatic carbocycles. The van der Waals surface area contributed by atoms with Gasteiger partial charge in [0, 0.05) is 29.1 Å². The lowest BCUT2D eigenvalue weighted by Gasteiger charge is -2.09. The first-order valence-corrected chi connectivity index (χ1v) is 7.68. The van der Waals surface area contributed by atoms with Crippen LogP contribution in [0.2, 0.25) is 0 Å². The lowest BCUT2D eigenvalue weighted by atomic mass is 10.0. The summed E-state index contributed by atoms with van der Waals surface area (Å²) in [7, 11) is 0. The summed E-state index contributed by atoms with van der Waals surface area (Å²) in [6.45, 7) is 0. The molecule has 0 fully saturated rings. The molecule has 114 valence electrons. The van der Waals surface area contributed by atoms with Gasteiger partial charge in [0.2, 0.25) is 0 Å². The highest BCUT2D eigenvalue weighted by Gasteiger charge is 2.14. The zero-order valence-corrected chi connectivity index (χ0v) is 12.9. The first kappa shape index (κ1) is 14.2. The molecule has 2 heterocycles. The monoisotopic (exact) mass is 310 g/mol. The van der Waals surface area contributed by atoms with Crippen LogP contribution < -0.4 is 0 Å². The quantitative estimate of drug-likeness (QED) is 0.567. The standard InChI is InChI=1S/C20H14N4/c1-3-7-15(8-4-1)18-19(16-9-5-2-6-10-16)23-24-20(22-18)17-11-13-21-14-12-17/h1-14H. The Kier molecular flexibility index (Phi) is 3.78. The Morgan fingerprint density at radius 3 is 1.71 bits per heavy atom. The Balaban J connectivity index is 1.92. The fourth-order valence-electron chi connectivity index (χ4n) is 2.54. The smallest absolute Gasteiger partial charge is 0.182 e. The molecule has 0 unspecified atom stereocenters. The van der Waals surface area contributed by atoms with Gasteiger partial charge in [0.1, 0.15) is 11.4 Å². The van der Waals surface area contributed by atoms with Gasteiger partial charge in [-0.25, -0.2) is 4.98 Å². The Labute approximate surface area is 139 Å². The van der Waals surface area contributed by atoms with Crippen molar-refractivity contribution in [3.05, 3.63) is 85.2 Å². The van der Waals surface area contributed by atoms with Gasteiger partial charge in [-0.3, -0.25) is 4.98 Å². The molecule has 2 aromatic carbocycles. The number of nitrogens with zero attached hydrogens (tertiary/aromatic N) is 4. The molecular formula is C20H14N4. The zero-order chi connectivity index (χ0) is 16.2. The number of aromatic nitrogens is 4. The van der Waals surface area contributed by atoms with Gasteiger partial charge < -0.3 is 0 Å². The van der Waals surface area contributed by atoms with Gasteiger partial charge in [-0.15, -0.1) is 10.2 Å². The van der Waals surface area contributed by atoms with Crippen molar-refractivity contribution in [2.45, 2.75) is 0 Å². The largest absolute Gasteiger partial charge is 0.265 e. The number of benzene rings is 2. The van der Waals surface area contributed by atoms with E-state index in [4.69, 9.17) is 4.98 Å². The number of hydrogen-bond donors (Lipinski definition) is 0. The van der Waals surface area contributed by atoms with Crippen LogP contribution >= 0.6 is 0 Å². The molecule has 4 rings (SSSR count). The summed E-state index contributed by atoms with van der Waals surface area (Å²) in [5, 5.41) is 8.79. The van der Waals surface area contributed by atoms with Crippen molar-refractivity contribution in [2.24, 2.45) is 0 Å². The fourth-order valence-corrected chi connectivity index (χ4v) is 2.54. The average Bonchev–Trinajstić information content (AvgIpc) is 2.69. The highest BCUT2D eigenvalue weighted by atomic mass is 15.2. The third-order valence-corrected chi connectivity index (χ3v) is 3.72. The topological polar surface area (TPSA) is 51.6 Å². The molecule has 0 N–H and O–H groups in total. The maximum atomic E-state index is 4.79. The summed E-state index contributed by atoms with van der Waals surface area (Å²) in [5.74, 6) is 0.593. The van der Waals surface area contributed by atoms with E-state index in [0.29, 0.717) is 5.82 Å². The van der Waals surface area contributed by atoms with Gasteiger partial charge in [0.15, 0.2) is 5.82 Å². The highest BCUT2D eigenvalue weighted by molar-refractivity contribution is 5.78. The average molecular weight is 310 g/mol. The summed E-state index contributed by atoms with van der Waals surface area (Å²) < 4.78 is 0. The van der Waals surface area contributed by atoms with E-state index in [2.05, 4.69) is 15.2 Å². The lowest BCUT2D eigenvalue weighted by molar-refractivity contribution is 0.990. The molecule has 0 amide bonds. The number of hydrogen-bond acceptors (Lipinski definition) is 4. The van der Waals surface area contributed by atoms with Crippen molar-refractivity contribution in [3.63, 3.8) is 0 Å². The summed E-state index contributed by atoms with van der Waals surface area (Å²) in [4.78, 5) is 8.83. The SMILES string of the molecule is c1ccc(-c2nnc(-c3ccncc3)nc2-c2ccccc2)cc1. The van der Waals surface area contributed by atoms with Crippen LogP contribution in [0.5, 0.6) is 0 Å². The second kappa shape index (κ2) is 6.38. The summed E-state index contributed by atoms with van der Waals surface area (Å²) >= 11 is 0. The molecule has 2 aromatic heterocycles. The predicted octanol–water partition coefficient (Wildman–Crippen LogP) is 4.27. The predicted molar refractivity (Wildman–Crippen MR) is 93.9 cm³/mol. The lowest BCUT2D eigenvalue weighted by Crippen LogP contribution is -2.00. The van der Waals surface area contributed by atoms with E-state index in [1.54, 1.807) is 12.4 Å². The summed E-state index contributed by atoms with van der Waals surface area (Å²) in [6.07, 6.45) is 3.46. The molecule has 24 heavy (non-hydrogen) atoms. The molecule has 0 bridgehead atoms. The van der Waals surface area contributed by atoms with Crippen molar-refractivity contribution in [1.82, 2.24) is 20.2 Å². The van der Waals surface area contributed by atoms with Crippen LogP contribution in [0.1, 0.15) is 0 Å². The number of rotatable bonds is 3. The molecule has 4 aromatic rings. The van der Waals surface area contributed by atoms with E-state index < -0.39 is 0 Å². The minimum absolute atomic E-state index is 0.593. The minimum Gasteiger partial charge on any atom is -0.265 e. The fraction of sp³-hybridized carbons (Fsp3) is 0. The van der Waals surface area contributed by atoms with Gasteiger partial charge in [0.25, 0.3) is 0 Å². The first-order valence-electron chi connectivity index (χ1n) is 7.68. The van der Waals surface area contributed by atoms with Crippen LogP contribution in [-0.2, 0) is 0 Å². The van der Waals surface area contributed by atoms with E-state index in [9.17, 15) is 0 Å². The van der Waals surface area contributed by atoms with Crippen LogP contribution in [0.4, 0.5) is 0 Å². The zero-order valence-electron chi connectivity index (χ0n) is 12.9. The van der Waals surface area contributed by atoms with E-state index in [0.717, 1.165) is 28.1 Å². The molecule has 0 saturated carbocycles. The van der Waals surface area contributed by atoms with E-state index in [1.807, 2.05) is 72.8 Å². The highest BCUT2D eigenvalue weighted by Crippen LogP contribution is 2.29. The first-order chi connectivity index (χ1) is 11.9. The van der Waals surface area contributed by atoms with Crippen LogP contribution in [-0.4, -0.2) is 20.2 Å². The Bertz CT molecular complexity index is 939. The Morgan fingerprint density at radius 1 is 0.500 bits per heavy atom. The molecule has 4 heteroatoms. The second-order valence-corrected chi connectivity index (χ2v) is 5.30. The van der Waals surface area contributed by atoms with Crippen molar-refractivity contribution in [3.8, 4) is 33.9 Å². The van der Waals surface area contributed by atoms with Crippen LogP contribution in [0, 0.1) is 0 Å². The van der Waals surface area contributed by atoms with Crippen molar-refractivity contribution in [2.75, 3.05) is 0 Å². The van der Waals surface area contributed by atoms with Gasteiger partial charge in [-0.1, -0.05) is 60.7 Å². The molecule has 0 radical (unpaired) electrons. The molecule has 4 nitrogen and oxygen atoms in total. The van der Waals surface area contributed by atoms with Gasteiger partial charge in [-0.05, 0) is 12.1 Å². The van der Waals surface area contributed by atoms with Gasteiger partial charge in [0.05, 0.1) is 0 Å². The molecule has 0 aliphatic heterocycles. The van der Waals surface area contributed by atoms with Crippen molar-refractivity contribution >= 4 is 0 Å².